The van der Waals surface area contributed by atoms with Gasteiger partial charge in [0.1, 0.15) is 6.54 Å². The lowest BCUT2D eigenvalue weighted by molar-refractivity contribution is -0.138. The molecule has 0 aliphatic carbocycles. The zero-order chi connectivity index (χ0) is 33.9. The molecule has 0 bridgehead atoms. The first-order valence-corrected chi connectivity index (χ1v) is 17.3. The van der Waals surface area contributed by atoms with Crippen LogP contribution in [0.15, 0.2) is 182 Å². The van der Waals surface area contributed by atoms with Gasteiger partial charge in [-0.25, -0.2) is 0 Å². The first-order chi connectivity index (χ1) is 24.0. The molecule has 6 aromatic carbocycles. The van der Waals surface area contributed by atoms with Crippen molar-refractivity contribution in [2.45, 2.75) is 16.3 Å². The fourth-order valence-corrected chi connectivity index (χ4v) is 8.08. The second-order valence-electron chi connectivity index (χ2n) is 11.7. The zero-order valence-corrected chi connectivity index (χ0v) is 27.8. The number of amides is 1. The Morgan fingerprint density at radius 2 is 0.816 bits per heavy atom. The Morgan fingerprint density at radius 3 is 1.12 bits per heavy atom. The van der Waals surface area contributed by atoms with Crippen LogP contribution >= 0.6 is 11.8 Å². The van der Waals surface area contributed by atoms with Crippen LogP contribution in [0.25, 0.3) is 0 Å². The third kappa shape index (κ3) is 7.21. The van der Waals surface area contributed by atoms with Crippen molar-refractivity contribution >= 4 is 23.6 Å². The Kier molecular flexibility index (Phi) is 10.7. The van der Waals surface area contributed by atoms with Crippen molar-refractivity contribution in [3.63, 3.8) is 0 Å². The third-order valence-corrected chi connectivity index (χ3v) is 10.4. The van der Waals surface area contributed by atoms with Crippen LogP contribution < -0.4 is 10.6 Å². The number of hydrogen-bond acceptors (Lipinski definition) is 4. The number of thioether (sulfide) groups is 1. The summed E-state index contributed by atoms with van der Waals surface area (Å²) in [4.78, 5) is 26.0. The number of carbonyl (C=O) groups is 2. The van der Waals surface area contributed by atoms with Gasteiger partial charge in [-0.3, -0.25) is 14.9 Å². The number of carbonyl (C=O) groups excluding carboxylic acids is 1. The highest BCUT2D eigenvalue weighted by Crippen LogP contribution is 2.49. The van der Waals surface area contributed by atoms with E-state index in [9.17, 15) is 14.7 Å². The molecule has 6 aromatic rings. The van der Waals surface area contributed by atoms with Crippen molar-refractivity contribution in [2.24, 2.45) is 0 Å². The molecule has 0 saturated heterocycles. The first-order valence-electron chi connectivity index (χ1n) is 16.3. The number of carboxylic acids is 1. The summed E-state index contributed by atoms with van der Waals surface area (Å²) in [7, 11) is 0. The molecule has 6 heteroatoms. The van der Waals surface area contributed by atoms with Gasteiger partial charge in [0.2, 0.25) is 5.91 Å². The molecule has 0 fully saturated rings. The predicted octanol–water partition coefficient (Wildman–Crippen LogP) is 7.86. The van der Waals surface area contributed by atoms with Crippen LogP contribution in [0, 0.1) is 0 Å². The molecular weight excluding hydrogens is 625 g/mol. The van der Waals surface area contributed by atoms with Gasteiger partial charge in [-0.15, -0.1) is 11.8 Å². The molecule has 49 heavy (non-hydrogen) atoms. The molecule has 3 N–H and O–H groups in total. The highest BCUT2D eigenvalue weighted by Gasteiger charge is 2.43. The van der Waals surface area contributed by atoms with Crippen LogP contribution in [-0.4, -0.2) is 35.3 Å². The third-order valence-electron chi connectivity index (χ3n) is 8.75. The van der Waals surface area contributed by atoms with E-state index in [1.54, 1.807) is 11.8 Å². The van der Waals surface area contributed by atoms with E-state index in [4.69, 9.17) is 0 Å². The monoisotopic (exact) mass is 662 g/mol. The Bertz CT molecular complexity index is 1730. The summed E-state index contributed by atoms with van der Waals surface area (Å²) in [6, 6.07) is 60.5. The SMILES string of the molecule is O=C(O)CNC(=O)[C@@H](CSC(c1ccccc1)(c1ccccc1)c1ccccc1)NC(c1ccccc1)(c1ccccc1)c1ccccc1. The van der Waals surface area contributed by atoms with Gasteiger partial charge in [0, 0.05) is 5.75 Å². The van der Waals surface area contributed by atoms with Gasteiger partial charge in [0.15, 0.2) is 0 Å². The molecule has 0 aliphatic heterocycles. The zero-order valence-electron chi connectivity index (χ0n) is 27.0. The summed E-state index contributed by atoms with van der Waals surface area (Å²) in [6.45, 7) is -0.488. The van der Waals surface area contributed by atoms with Crippen LogP contribution in [0.3, 0.4) is 0 Å². The van der Waals surface area contributed by atoms with Crippen molar-refractivity contribution in [1.29, 1.82) is 0 Å². The van der Waals surface area contributed by atoms with Gasteiger partial charge in [-0.2, -0.15) is 0 Å². The number of nitrogens with one attached hydrogen (secondary N) is 2. The number of benzene rings is 6. The molecule has 244 valence electrons. The Morgan fingerprint density at radius 1 is 0.510 bits per heavy atom. The van der Waals surface area contributed by atoms with E-state index in [1.807, 2.05) is 109 Å². The maximum Gasteiger partial charge on any atom is 0.322 e. The van der Waals surface area contributed by atoms with Gasteiger partial charge < -0.3 is 10.4 Å². The maximum absolute atomic E-state index is 14.3. The van der Waals surface area contributed by atoms with E-state index < -0.39 is 34.7 Å². The van der Waals surface area contributed by atoms with E-state index in [0.29, 0.717) is 5.75 Å². The van der Waals surface area contributed by atoms with E-state index in [2.05, 4.69) is 83.4 Å². The summed E-state index contributed by atoms with van der Waals surface area (Å²) >= 11 is 1.65. The van der Waals surface area contributed by atoms with Gasteiger partial charge in [-0.1, -0.05) is 182 Å². The fraction of sp³-hybridized carbons (Fsp3) is 0.116. The first kappa shape index (κ1) is 33.5. The molecule has 0 aliphatic rings. The molecule has 1 amide bonds. The lowest BCUT2D eigenvalue weighted by atomic mass is 9.76. The highest BCUT2D eigenvalue weighted by molar-refractivity contribution is 8.00. The summed E-state index contributed by atoms with van der Waals surface area (Å²) in [5, 5.41) is 16.1. The van der Waals surface area contributed by atoms with Crippen LogP contribution in [0.1, 0.15) is 33.4 Å². The molecule has 0 unspecified atom stereocenters. The summed E-state index contributed by atoms with van der Waals surface area (Å²) in [6.07, 6.45) is 0. The Balaban J connectivity index is 1.53. The second-order valence-corrected chi connectivity index (χ2v) is 13.0. The van der Waals surface area contributed by atoms with E-state index in [1.165, 1.54) is 0 Å². The van der Waals surface area contributed by atoms with Crippen LogP contribution in [0.4, 0.5) is 0 Å². The molecule has 6 rings (SSSR count). The standard InChI is InChI=1S/C43H38N2O3S/c46-40(47)31-44-41(48)39(45-42(33-19-7-1-8-20-33,34-21-9-2-10-22-34)35-23-11-3-12-24-35)32-49-43(36-25-13-4-14-26-36,37-27-15-5-16-28-37)38-29-17-6-18-30-38/h1-30,39,45H,31-32H2,(H,44,48)(H,46,47)/t39-/m1/s1. The normalized spacial score (nSPS) is 12.2. The number of rotatable bonds is 14. The van der Waals surface area contributed by atoms with Crippen molar-refractivity contribution in [3.8, 4) is 0 Å². The van der Waals surface area contributed by atoms with Crippen LogP contribution in [0.2, 0.25) is 0 Å². The highest BCUT2D eigenvalue weighted by atomic mass is 32.2. The molecule has 0 spiro atoms. The second kappa shape index (κ2) is 15.6. The fourth-order valence-electron chi connectivity index (χ4n) is 6.52. The minimum absolute atomic E-state index is 0.304. The number of carboxylic acid groups (broad SMARTS) is 1. The quantitative estimate of drug-likeness (QED) is 0.104. The topological polar surface area (TPSA) is 78.4 Å². The minimum atomic E-state index is -1.10. The average molecular weight is 663 g/mol. The molecule has 0 radical (unpaired) electrons. The predicted molar refractivity (Wildman–Crippen MR) is 198 cm³/mol. The van der Waals surface area contributed by atoms with Gasteiger partial charge in [0.25, 0.3) is 0 Å². The summed E-state index contributed by atoms with van der Waals surface area (Å²) < 4.78 is -0.689. The van der Waals surface area contributed by atoms with Crippen LogP contribution in [-0.2, 0) is 19.9 Å². The molecule has 0 heterocycles. The molecule has 1 atom stereocenters. The Labute approximate surface area is 292 Å². The molecule has 0 saturated carbocycles. The van der Waals surface area contributed by atoms with Crippen molar-refractivity contribution in [1.82, 2.24) is 10.6 Å². The number of aliphatic carboxylic acids is 1. The lowest BCUT2D eigenvalue weighted by Gasteiger charge is -2.41. The number of hydrogen-bond donors (Lipinski definition) is 3. The van der Waals surface area contributed by atoms with Gasteiger partial charge in [-0.05, 0) is 33.4 Å². The van der Waals surface area contributed by atoms with E-state index in [-0.39, 0.29) is 0 Å². The van der Waals surface area contributed by atoms with Gasteiger partial charge >= 0.3 is 5.97 Å². The summed E-state index contributed by atoms with van der Waals surface area (Å²) in [5.41, 5.74) is 5.12. The maximum atomic E-state index is 14.3. The van der Waals surface area contributed by atoms with E-state index >= 15 is 0 Å². The van der Waals surface area contributed by atoms with Crippen molar-refractivity contribution in [2.75, 3.05) is 12.3 Å². The Hall–Kier alpha value is -5.43. The van der Waals surface area contributed by atoms with Gasteiger partial charge in [0.05, 0.1) is 16.3 Å². The molecule has 0 aromatic heterocycles. The largest absolute Gasteiger partial charge is 0.480 e. The van der Waals surface area contributed by atoms with Crippen molar-refractivity contribution < 1.29 is 14.7 Å². The molecule has 5 nitrogen and oxygen atoms in total. The van der Waals surface area contributed by atoms with Crippen LogP contribution in [0.5, 0.6) is 0 Å². The summed E-state index contributed by atoms with van der Waals surface area (Å²) in [5.74, 6) is -1.20. The van der Waals surface area contributed by atoms with E-state index in [0.717, 1.165) is 33.4 Å². The molecular formula is C43H38N2O3S. The van der Waals surface area contributed by atoms with Crippen molar-refractivity contribution in [3.05, 3.63) is 215 Å². The minimum Gasteiger partial charge on any atom is -0.480 e. The average Bonchev–Trinajstić information content (AvgIpc) is 3.17. The lowest BCUT2D eigenvalue weighted by Crippen LogP contribution is -2.57. The smallest absolute Gasteiger partial charge is 0.322 e.